The Hall–Kier alpha value is -0.560. The van der Waals surface area contributed by atoms with Crippen LogP contribution in [-0.4, -0.2) is 11.2 Å². The summed E-state index contributed by atoms with van der Waals surface area (Å²) in [4.78, 5) is 0. The SMILES string of the molecule is C=CCC1=CCC(O)CC1. The van der Waals surface area contributed by atoms with Crippen LogP contribution in [0, 0.1) is 0 Å². The Morgan fingerprint density at radius 3 is 3.10 bits per heavy atom. The molecule has 0 fully saturated rings. The largest absolute Gasteiger partial charge is 0.393 e. The Kier molecular flexibility index (Phi) is 2.69. The van der Waals surface area contributed by atoms with Gasteiger partial charge in [-0.2, -0.15) is 0 Å². The molecule has 0 radical (unpaired) electrons. The van der Waals surface area contributed by atoms with Gasteiger partial charge < -0.3 is 5.11 Å². The van der Waals surface area contributed by atoms with Crippen LogP contribution in [0.4, 0.5) is 0 Å². The van der Waals surface area contributed by atoms with Crippen LogP contribution in [0.5, 0.6) is 0 Å². The molecule has 0 spiro atoms. The molecule has 1 aliphatic carbocycles. The number of aliphatic hydroxyl groups excluding tert-OH is 1. The molecule has 1 heteroatoms. The van der Waals surface area contributed by atoms with Crippen LogP contribution in [0.3, 0.4) is 0 Å². The predicted molar refractivity (Wildman–Crippen MR) is 42.8 cm³/mol. The summed E-state index contributed by atoms with van der Waals surface area (Å²) >= 11 is 0. The highest BCUT2D eigenvalue weighted by molar-refractivity contribution is 5.09. The van der Waals surface area contributed by atoms with Crippen molar-refractivity contribution in [1.29, 1.82) is 0 Å². The van der Waals surface area contributed by atoms with E-state index in [1.807, 2.05) is 6.08 Å². The molecule has 0 amide bonds. The van der Waals surface area contributed by atoms with E-state index in [0.29, 0.717) is 0 Å². The highest BCUT2D eigenvalue weighted by Crippen LogP contribution is 2.20. The third-order valence-electron chi connectivity index (χ3n) is 1.88. The normalized spacial score (nSPS) is 25.7. The second-order valence-corrected chi connectivity index (χ2v) is 2.78. The number of rotatable bonds is 2. The molecule has 0 aromatic rings. The Bertz CT molecular complexity index is 147. The van der Waals surface area contributed by atoms with E-state index in [1.165, 1.54) is 5.57 Å². The Balaban J connectivity index is 2.40. The lowest BCUT2D eigenvalue weighted by Crippen LogP contribution is -2.09. The molecule has 0 saturated carbocycles. The van der Waals surface area contributed by atoms with Crippen molar-refractivity contribution in [3.05, 3.63) is 24.3 Å². The molecule has 1 nitrogen and oxygen atoms in total. The van der Waals surface area contributed by atoms with E-state index < -0.39 is 0 Å². The third-order valence-corrected chi connectivity index (χ3v) is 1.88. The van der Waals surface area contributed by atoms with Gasteiger partial charge in [0.25, 0.3) is 0 Å². The lowest BCUT2D eigenvalue weighted by Gasteiger charge is -2.15. The van der Waals surface area contributed by atoms with E-state index in [0.717, 1.165) is 25.7 Å². The number of hydrogen-bond acceptors (Lipinski definition) is 1. The van der Waals surface area contributed by atoms with Crippen LogP contribution in [-0.2, 0) is 0 Å². The van der Waals surface area contributed by atoms with Crippen molar-refractivity contribution in [1.82, 2.24) is 0 Å². The van der Waals surface area contributed by atoms with Gasteiger partial charge in [0.15, 0.2) is 0 Å². The van der Waals surface area contributed by atoms with E-state index in [4.69, 9.17) is 5.11 Å². The van der Waals surface area contributed by atoms with E-state index in [1.54, 1.807) is 0 Å². The molecule has 0 aliphatic heterocycles. The Morgan fingerprint density at radius 1 is 1.80 bits per heavy atom. The fourth-order valence-corrected chi connectivity index (χ4v) is 1.25. The zero-order valence-corrected chi connectivity index (χ0v) is 6.21. The maximum absolute atomic E-state index is 9.12. The summed E-state index contributed by atoms with van der Waals surface area (Å²) in [5.74, 6) is 0. The average molecular weight is 138 g/mol. The monoisotopic (exact) mass is 138 g/mol. The molecular formula is C9H14O. The van der Waals surface area contributed by atoms with Gasteiger partial charge in [-0.25, -0.2) is 0 Å². The van der Waals surface area contributed by atoms with E-state index >= 15 is 0 Å². The van der Waals surface area contributed by atoms with E-state index in [-0.39, 0.29) is 6.10 Å². The van der Waals surface area contributed by atoms with Gasteiger partial charge in [-0.1, -0.05) is 17.7 Å². The van der Waals surface area contributed by atoms with Crippen molar-refractivity contribution in [3.8, 4) is 0 Å². The first-order valence-corrected chi connectivity index (χ1v) is 3.80. The first kappa shape index (κ1) is 7.55. The molecule has 56 valence electrons. The molecule has 0 saturated heterocycles. The first-order chi connectivity index (χ1) is 4.83. The summed E-state index contributed by atoms with van der Waals surface area (Å²) < 4.78 is 0. The topological polar surface area (TPSA) is 20.2 Å². The zero-order chi connectivity index (χ0) is 7.40. The van der Waals surface area contributed by atoms with Crippen LogP contribution in [0.25, 0.3) is 0 Å². The molecule has 1 unspecified atom stereocenters. The molecule has 10 heavy (non-hydrogen) atoms. The van der Waals surface area contributed by atoms with Crippen molar-refractivity contribution in [3.63, 3.8) is 0 Å². The summed E-state index contributed by atoms with van der Waals surface area (Å²) in [6.45, 7) is 3.67. The minimum atomic E-state index is -0.0893. The highest BCUT2D eigenvalue weighted by Gasteiger charge is 2.09. The number of aliphatic hydroxyl groups is 1. The molecule has 0 bridgehead atoms. The third kappa shape index (κ3) is 1.99. The van der Waals surface area contributed by atoms with Crippen LogP contribution in [0.2, 0.25) is 0 Å². The van der Waals surface area contributed by atoms with Crippen molar-refractivity contribution in [2.24, 2.45) is 0 Å². The smallest absolute Gasteiger partial charge is 0.0577 e. The molecular weight excluding hydrogens is 124 g/mol. The molecule has 0 heterocycles. The first-order valence-electron chi connectivity index (χ1n) is 3.80. The lowest BCUT2D eigenvalue weighted by molar-refractivity contribution is 0.162. The zero-order valence-electron chi connectivity index (χ0n) is 6.21. The molecule has 1 aliphatic rings. The average Bonchev–Trinajstić information content (AvgIpc) is 1.95. The van der Waals surface area contributed by atoms with Crippen LogP contribution < -0.4 is 0 Å². The van der Waals surface area contributed by atoms with Gasteiger partial charge in [0.05, 0.1) is 6.10 Å². The fourth-order valence-electron chi connectivity index (χ4n) is 1.25. The van der Waals surface area contributed by atoms with E-state index in [9.17, 15) is 0 Å². The van der Waals surface area contributed by atoms with Crippen molar-refractivity contribution >= 4 is 0 Å². The molecule has 0 aromatic carbocycles. The van der Waals surface area contributed by atoms with Crippen LogP contribution >= 0.6 is 0 Å². The van der Waals surface area contributed by atoms with Gasteiger partial charge in [-0.05, 0) is 25.7 Å². The van der Waals surface area contributed by atoms with Gasteiger partial charge in [-0.15, -0.1) is 6.58 Å². The van der Waals surface area contributed by atoms with Gasteiger partial charge >= 0.3 is 0 Å². The van der Waals surface area contributed by atoms with Crippen molar-refractivity contribution < 1.29 is 5.11 Å². The quantitative estimate of drug-likeness (QED) is 0.579. The minimum Gasteiger partial charge on any atom is -0.393 e. The summed E-state index contributed by atoms with van der Waals surface area (Å²) in [5, 5.41) is 9.12. The highest BCUT2D eigenvalue weighted by atomic mass is 16.3. The molecule has 1 rings (SSSR count). The summed E-state index contributed by atoms with van der Waals surface area (Å²) in [6, 6.07) is 0. The maximum Gasteiger partial charge on any atom is 0.0577 e. The van der Waals surface area contributed by atoms with Crippen LogP contribution in [0.15, 0.2) is 24.3 Å². The number of hydrogen-bond donors (Lipinski definition) is 1. The maximum atomic E-state index is 9.12. The van der Waals surface area contributed by atoms with Gasteiger partial charge in [0, 0.05) is 0 Å². The van der Waals surface area contributed by atoms with Crippen molar-refractivity contribution in [2.45, 2.75) is 31.8 Å². The van der Waals surface area contributed by atoms with Gasteiger partial charge in [0.2, 0.25) is 0 Å². The Labute approximate surface area is 62.1 Å². The number of allylic oxidation sites excluding steroid dienone is 2. The second-order valence-electron chi connectivity index (χ2n) is 2.78. The summed E-state index contributed by atoms with van der Waals surface area (Å²) in [7, 11) is 0. The standard InChI is InChI=1S/C9H14O/c1-2-3-8-4-6-9(10)7-5-8/h2,4,9-10H,1,3,5-7H2. The van der Waals surface area contributed by atoms with Gasteiger partial charge in [0.1, 0.15) is 0 Å². The lowest BCUT2D eigenvalue weighted by atomic mass is 9.95. The summed E-state index contributed by atoms with van der Waals surface area (Å²) in [5.41, 5.74) is 1.43. The van der Waals surface area contributed by atoms with Crippen molar-refractivity contribution in [2.75, 3.05) is 0 Å². The second kappa shape index (κ2) is 3.57. The van der Waals surface area contributed by atoms with E-state index in [2.05, 4.69) is 12.7 Å². The molecule has 1 atom stereocenters. The molecule has 1 N–H and O–H groups in total. The Morgan fingerprint density at radius 2 is 2.60 bits per heavy atom. The minimum absolute atomic E-state index is 0.0893. The molecule has 0 aromatic heterocycles. The van der Waals surface area contributed by atoms with Crippen LogP contribution in [0.1, 0.15) is 25.7 Å². The van der Waals surface area contributed by atoms with Gasteiger partial charge in [-0.3, -0.25) is 0 Å². The fraction of sp³-hybridized carbons (Fsp3) is 0.556. The predicted octanol–water partition coefficient (Wildman–Crippen LogP) is 2.03. The summed E-state index contributed by atoms with van der Waals surface area (Å²) in [6.07, 6.45) is 7.77.